The van der Waals surface area contributed by atoms with Crippen LogP contribution in [0.2, 0.25) is 0 Å². The van der Waals surface area contributed by atoms with Crippen LogP contribution in [0.1, 0.15) is 36.6 Å². The van der Waals surface area contributed by atoms with Gasteiger partial charge in [-0.15, -0.1) is 0 Å². The molecule has 1 heterocycles. The number of rotatable bonds is 4. The number of carboxylic acids is 1. The summed E-state index contributed by atoms with van der Waals surface area (Å²) >= 11 is 0. The third kappa shape index (κ3) is 3.65. The minimum Gasteiger partial charge on any atom is -0.507 e. The highest BCUT2D eigenvalue weighted by molar-refractivity contribution is 6.11. The molecule has 148 valence electrons. The molecule has 29 heavy (non-hydrogen) atoms. The van der Waals surface area contributed by atoms with Gasteiger partial charge in [0.15, 0.2) is 0 Å². The Hall–Kier alpha value is -4.14. The van der Waals surface area contributed by atoms with Crippen LogP contribution >= 0.6 is 0 Å². The summed E-state index contributed by atoms with van der Waals surface area (Å²) < 4.78 is 10.4. The molecule has 0 bridgehead atoms. The number of amides is 2. The Morgan fingerprint density at radius 2 is 1.76 bits per heavy atom. The molecular weight excluding hydrogens is 382 g/mol. The van der Waals surface area contributed by atoms with Gasteiger partial charge in [-0.3, -0.25) is 14.9 Å². The number of imide groups is 1. The quantitative estimate of drug-likeness (QED) is 0.448. The molecule has 0 spiro atoms. The Labute approximate surface area is 163 Å². The molecule has 0 saturated heterocycles. The Kier molecular flexibility index (Phi) is 5.05. The molecule has 0 fully saturated rings. The molecule has 9 nitrogen and oxygen atoms in total. The van der Waals surface area contributed by atoms with Gasteiger partial charge in [0, 0.05) is 16.5 Å². The summed E-state index contributed by atoms with van der Waals surface area (Å²) in [5.41, 5.74) is -1.05. The van der Waals surface area contributed by atoms with E-state index in [0.717, 1.165) is 18.2 Å². The van der Waals surface area contributed by atoms with Crippen LogP contribution in [0.15, 0.2) is 45.6 Å². The number of ether oxygens (including phenoxy) is 1. The van der Waals surface area contributed by atoms with E-state index in [0.29, 0.717) is 16.7 Å². The number of aromatic carboxylic acids is 1. The van der Waals surface area contributed by atoms with E-state index in [9.17, 15) is 24.3 Å². The number of carbonyl (C=O) groups is 3. The van der Waals surface area contributed by atoms with Crippen molar-refractivity contribution in [3.63, 3.8) is 0 Å². The van der Waals surface area contributed by atoms with Crippen molar-refractivity contribution in [1.82, 2.24) is 5.32 Å². The van der Waals surface area contributed by atoms with Crippen LogP contribution in [0.5, 0.6) is 11.5 Å². The highest BCUT2D eigenvalue weighted by Gasteiger charge is 2.20. The Bertz CT molecular complexity index is 1230. The third-order valence-electron chi connectivity index (χ3n) is 4.28. The average Bonchev–Trinajstić information content (AvgIpc) is 2.67. The number of hydrogen-bond acceptors (Lipinski definition) is 7. The zero-order chi connectivity index (χ0) is 21.3. The Morgan fingerprint density at radius 3 is 2.38 bits per heavy atom. The second kappa shape index (κ2) is 7.47. The number of methoxy groups -OCH3 is 1. The predicted molar refractivity (Wildman–Crippen MR) is 101 cm³/mol. The summed E-state index contributed by atoms with van der Waals surface area (Å²) in [6.07, 6.45) is 0. The van der Waals surface area contributed by atoms with Crippen molar-refractivity contribution >= 4 is 28.8 Å². The predicted octanol–water partition coefficient (Wildman–Crippen LogP) is 2.08. The first-order valence-corrected chi connectivity index (χ1v) is 8.26. The number of carboxylic acid groups (broad SMARTS) is 1. The van der Waals surface area contributed by atoms with Crippen molar-refractivity contribution in [1.29, 1.82) is 0 Å². The average molecular weight is 397 g/mol. The molecule has 3 rings (SSSR count). The van der Waals surface area contributed by atoms with E-state index in [4.69, 9.17) is 14.3 Å². The summed E-state index contributed by atoms with van der Waals surface area (Å²) in [6, 6.07) is 7.61. The summed E-state index contributed by atoms with van der Waals surface area (Å²) in [4.78, 5) is 47.8. The zero-order valence-corrected chi connectivity index (χ0v) is 15.3. The van der Waals surface area contributed by atoms with Crippen molar-refractivity contribution in [2.24, 2.45) is 0 Å². The first kappa shape index (κ1) is 19.6. The Balaban J connectivity index is 1.91. The van der Waals surface area contributed by atoms with Gasteiger partial charge in [-0.1, -0.05) is 0 Å². The smallest absolute Gasteiger partial charge is 0.349 e. The lowest BCUT2D eigenvalue weighted by atomic mass is 10.1. The third-order valence-corrected chi connectivity index (χ3v) is 4.28. The molecule has 0 radical (unpaired) electrons. The van der Waals surface area contributed by atoms with E-state index in [2.05, 4.69) is 0 Å². The van der Waals surface area contributed by atoms with Crippen LogP contribution in [0.3, 0.4) is 0 Å². The number of hydrogen-bond donors (Lipinski definition) is 3. The maximum absolute atomic E-state index is 12.4. The molecular formula is C20H15NO8. The second-order valence-corrected chi connectivity index (χ2v) is 6.08. The van der Waals surface area contributed by atoms with Gasteiger partial charge in [0.2, 0.25) is 0 Å². The summed E-state index contributed by atoms with van der Waals surface area (Å²) in [6.45, 7) is 1.70. The molecule has 0 aliphatic carbocycles. The topological polar surface area (TPSA) is 143 Å². The van der Waals surface area contributed by atoms with E-state index in [-0.39, 0.29) is 16.7 Å². The van der Waals surface area contributed by atoms with Gasteiger partial charge in [-0.05, 0) is 43.3 Å². The lowest BCUT2D eigenvalue weighted by Gasteiger charge is -2.08. The van der Waals surface area contributed by atoms with E-state index in [1.54, 1.807) is 19.1 Å². The molecule has 0 aliphatic rings. The molecule has 0 atom stereocenters. The fourth-order valence-corrected chi connectivity index (χ4v) is 2.78. The van der Waals surface area contributed by atoms with Crippen LogP contribution in [-0.2, 0) is 0 Å². The molecule has 3 N–H and O–H groups in total. The second-order valence-electron chi connectivity index (χ2n) is 6.08. The standard InChI is InChI=1S/C20H15NO8/c1-9-15(28-2)6-4-10-7-13(20(27)29-16(9)10)18(24)21-17(23)11-3-5-12(19(25)26)14(22)8-11/h3-8,22H,1-2H3,(H,25,26)(H,21,23,24). The summed E-state index contributed by atoms with van der Waals surface area (Å²) in [5.74, 6) is -3.41. The molecule has 1 aromatic heterocycles. The normalized spacial score (nSPS) is 10.6. The van der Waals surface area contributed by atoms with Crippen molar-refractivity contribution in [3.05, 3.63) is 69.1 Å². The van der Waals surface area contributed by atoms with Gasteiger partial charge in [0.1, 0.15) is 28.2 Å². The van der Waals surface area contributed by atoms with Crippen LogP contribution < -0.4 is 15.7 Å². The maximum Gasteiger partial charge on any atom is 0.349 e. The number of benzene rings is 2. The molecule has 0 unspecified atom stereocenters. The van der Waals surface area contributed by atoms with Gasteiger partial charge < -0.3 is 19.4 Å². The van der Waals surface area contributed by atoms with Crippen LogP contribution in [0, 0.1) is 6.92 Å². The monoisotopic (exact) mass is 397 g/mol. The lowest BCUT2D eigenvalue weighted by Crippen LogP contribution is -2.33. The van der Waals surface area contributed by atoms with Gasteiger partial charge >= 0.3 is 11.6 Å². The minimum absolute atomic E-state index is 0.161. The molecule has 3 aromatic rings. The first-order chi connectivity index (χ1) is 13.7. The summed E-state index contributed by atoms with van der Waals surface area (Å²) in [5, 5.41) is 21.0. The number of nitrogens with one attached hydrogen (secondary N) is 1. The van der Waals surface area contributed by atoms with Crippen molar-refractivity contribution in [3.8, 4) is 11.5 Å². The Morgan fingerprint density at radius 1 is 1.03 bits per heavy atom. The van der Waals surface area contributed by atoms with Crippen LogP contribution in [0.25, 0.3) is 11.0 Å². The SMILES string of the molecule is COc1ccc2cc(C(=O)NC(=O)c3ccc(C(=O)O)c(O)c3)c(=O)oc2c1C. The van der Waals surface area contributed by atoms with Crippen molar-refractivity contribution < 1.29 is 33.8 Å². The molecule has 0 aliphatic heterocycles. The van der Waals surface area contributed by atoms with E-state index >= 15 is 0 Å². The summed E-state index contributed by atoms with van der Waals surface area (Å²) in [7, 11) is 1.47. The van der Waals surface area contributed by atoms with E-state index in [1.807, 2.05) is 5.32 Å². The largest absolute Gasteiger partial charge is 0.507 e. The molecule has 0 saturated carbocycles. The maximum atomic E-state index is 12.4. The van der Waals surface area contributed by atoms with Crippen molar-refractivity contribution in [2.75, 3.05) is 7.11 Å². The minimum atomic E-state index is -1.37. The van der Waals surface area contributed by atoms with E-state index in [1.165, 1.54) is 13.2 Å². The fourth-order valence-electron chi connectivity index (χ4n) is 2.78. The van der Waals surface area contributed by atoms with Gasteiger partial charge in [0.25, 0.3) is 11.8 Å². The molecule has 9 heteroatoms. The molecule has 2 aromatic carbocycles. The number of aryl methyl sites for hydroxylation is 1. The first-order valence-electron chi connectivity index (χ1n) is 8.26. The molecule has 2 amide bonds. The number of aromatic hydroxyl groups is 1. The highest BCUT2D eigenvalue weighted by atomic mass is 16.5. The van der Waals surface area contributed by atoms with Gasteiger partial charge in [-0.2, -0.15) is 0 Å². The van der Waals surface area contributed by atoms with Gasteiger partial charge in [-0.25, -0.2) is 9.59 Å². The van der Waals surface area contributed by atoms with E-state index < -0.39 is 34.7 Å². The zero-order valence-electron chi connectivity index (χ0n) is 15.3. The number of fused-ring (bicyclic) bond motifs is 1. The number of phenols is 1. The lowest BCUT2D eigenvalue weighted by molar-refractivity contribution is 0.0691. The number of carbonyl (C=O) groups excluding carboxylic acids is 2. The highest BCUT2D eigenvalue weighted by Crippen LogP contribution is 2.26. The van der Waals surface area contributed by atoms with Crippen LogP contribution in [-0.4, -0.2) is 35.1 Å². The van der Waals surface area contributed by atoms with Crippen molar-refractivity contribution in [2.45, 2.75) is 6.92 Å². The fraction of sp³-hybridized carbons (Fsp3) is 0.100. The van der Waals surface area contributed by atoms with Crippen LogP contribution in [0.4, 0.5) is 0 Å². The van der Waals surface area contributed by atoms with Gasteiger partial charge in [0.05, 0.1) is 7.11 Å².